The smallest absolute Gasteiger partial charge is 0.0435 e. The zero-order valence-electron chi connectivity index (χ0n) is 23.9. The number of hydrogen-bond acceptors (Lipinski definition) is 3. The van der Waals surface area contributed by atoms with Crippen molar-refractivity contribution in [2.24, 2.45) is 0 Å². The van der Waals surface area contributed by atoms with Crippen molar-refractivity contribution in [2.75, 3.05) is 40.8 Å². The normalized spacial score (nSPS) is 20.5. The molecule has 0 amide bonds. The fraction of sp³-hybridized carbons (Fsp3) is 1.00. The second-order valence-electron chi connectivity index (χ2n) is 11.2. The molecule has 0 aromatic carbocycles. The van der Waals surface area contributed by atoms with Crippen LogP contribution >= 0.6 is 0 Å². The van der Waals surface area contributed by atoms with Crippen LogP contribution in [0.4, 0.5) is 0 Å². The highest BCUT2D eigenvalue weighted by molar-refractivity contribution is 5.16. The SMILES string of the molecule is CCCCCCCCN(C)C1C(N(C)CCCCCCCC)C1N(C)CCCCCCCC. The highest BCUT2D eigenvalue weighted by Crippen LogP contribution is 2.37. The Balaban J connectivity index is 2.44. The molecule has 198 valence electrons. The number of hydrogen-bond donors (Lipinski definition) is 0. The molecule has 0 N–H and O–H groups in total. The summed E-state index contributed by atoms with van der Waals surface area (Å²) in [5.41, 5.74) is 0. The topological polar surface area (TPSA) is 9.72 Å². The molecule has 1 aliphatic rings. The summed E-state index contributed by atoms with van der Waals surface area (Å²) in [6.45, 7) is 10.8. The van der Waals surface area contributed by atoms with Crippen molar-refractivity contribution in [3.63, 3.8) is 0 Å². The first kappa shape index (κ1) is 30.9. The summed E-state index contributed by atoms with van der Waals surface area (Å²) >= 11 is 0. The fourth-order valence-electron chi connectivity index (χ4n) is 5.70. The Hall–Kier alpha value is -0.120. The second-order valence-corrected chi connectivity index (χ2v) is 11.2. The zero-order chi connectivity index (χ0) is 24.3. The second kappa shape index (κ2) is 20.1. The average Bonchev–Trinajstić information content (AvgIpc) is 3.56. The maximum absolute atomic E-state index is 2.71. The van der Waals surface area contributed by atoms with Gasteiger partial charge in [0, 0.05) is 18.1 Å². The maximum atomic E-state index is 2.71. The third-order valence-corrected chi connectivity index (χ3v) is 8.03. The molecule has 0 aliphatic heterocycles. The molecule has 3 heteroatoms. The predicted molar refractivity (Wildman–Crippen MR) is 149 cm³/mol. The van der Waals surface area contributed by atoms with E-state index >= 15 is 0 Å². The molecule has 0 aromatic rings. The number of likely N-dealkylation sites (N-methyl/N-ethyl adjacent to an activating group) is 3. The van der Waals surface area contributed by atoms with Gasteiger partial charge >= 0.3 is 0 Å². The van der Waals surface area contributed by atoms with E-state index in [1.54, 1.807) is 0 Å². The van der Waals surface area contributed by atoms with Crippen molar-refractivity contribution in [2.45, 2.75) is 154 Å². The van der Waals surface area contributed by atoms with Crippen molar-refractivity contribution in [1.82, 2.24) is 14.7 Å². The van der Waals surface area contributed by atoms with Crippen molar-refractivity contribution >= 4 is 0 Å². The van der Waals surface area contributed by atoms with E-state index in [9.17, 15) is 0 Å². The molecular formula is C30H63N3. The van der Waals surface area contributed by atoms with E-state index in [-0.39, 0.29) is 0 Å². The molecular weight excluding hydrogens is 402 g/mol. The maximum Gasteiger partial charge on any atom is 0.0435 e. The van der Waals surface area contributed by atoms with Gasteiger partial charge in [0.25, 0.3) is 0 Å². The minimum Gasteiger partial charge on any atom is -0.300 e. The summed E-state index contributed by atoms with van der Waals surface area (Å²) in [6.07, 6.45) is 25.2. The van der Waals surface area contributed by atoms with E-state index in [0.717, 1.165) is 18.1 Å². The van der Waals surface area contributed by atoms with Crippen LogP contribution in [0.15, 0.2) is 0 Å². The van der Waals surface area contributed by atoms with E-state index < -0.39 is 0 Å². The van der Waals surface area contributed by atoms with Gasteiger partial charge in [0.05, 0.1) is 0 Å². The lowest BCUT2D eigenvalue weighted by atomic mass is 10.1. The predicted octanol–water partition coefficient (Wildman–Crippen LogP) is 7.98. The van der Waals surface area contributed by atoms with Gasteiger partial charge in [-0.05, 0) is 60.0 Å². The molecule has 0 bridgehead atoms. The van der Waals surface area contributed by atoms with E-state index in [1.165, 1.54) is 135 Å². The fourth-order valence-corrected chi connectivity index (χ4v) is 5.70. The van der Waals surface area contributed by atoms with E-state index in [0.29, 0.717) is 0 Å². The number of unbranched alkanes of at least 4 members (excludes halogenated alkanes) is 15. The van der Waals surface area contributed by atoms with Crippen LogP contribution in [0, 0.1) is 0 Å². The number of nitrogens with zero attached hydrogens (tertiary/aromatic N) is 3. The largest absolute Gasteiger partial charge is 0.300 e. The first-order valence-corrected chi connectivity index (χ1v) is 15.2. The highest BCUT2D eigenvalue weighted by Gasteiger charge is 2.56. The van der Waals surface area contributed by atoms with Gasteiger partial charge in [0.2, 0.25) is 0 Å². The molecule has 1 fully saturated rings. The van der Waals surface area contributed by atoms with Gasteiger partial charge in [0.1, 0.15) is 0 Å². The quantitative estimate of drug-likeness (QED) is 0.134. The lowest BCUT2D eigenvalue weighted by Crippen LogP contribution is -2.32. The Morgan fingerprint density at radius 3 is 0.788 bits per heavy atom. The standard InChI is InChI=1S/C30H63N3/c1-7-10-13-16-19-22-25-31(4)28-29(32(5)26-23-20-17-14-11-8-2)30(28)33(6)27-24-21-18-15-12-9-3/h28-30H,7-27H2,1-6H3. The molecule has 0 aromatic heterocycles. The third-order valence-electron chi connectivity index (χ3n) is 8.03. The van der Waals surface area contributed by atoms with Crippen LogP contribution in [0.2, 0.25) is 0 Å². The van der Waals surface area contributed by atoms with Gasteiger partial charge in [-0.1, -0.05) is 117 Å². The van der Waals surface area contributed by atoms with Crippen LogP contribution in [-0.4, -0.2) is 73.6 Å². The Morgan fingerprint density at radius 1 is 0.333 bits per heavy atom. The minimum absolute atomic E-state index is 0.732. The summed E-state index contributed by atoms with van der Waals surface area (Å²) in [7, 11) is 7.21. The average molecular weight is 466 g/mol. The molecule has 1 rings (SSSR count). The monoisotopic (exact) mass is 466 g/mol. The number of rotatable bonds is 24. The molecule has 0 radical (unpaired) electrons. The van der Waals surface area contributed by atoms with Gasteiger partial charge in [0.15, 0.2) is 0 Å². The van der Waals surface area contributed by atoms with Crippen LogP contribution < -0.4 is 0 Å². The first-order valence-electron chi connectivity index (χ1n) is 15.2. The highest BCUT2D eigenvalue weighted by atomic mass is 15.4. The van der Waals surface area contributed by atoms with Gasteiger partial charge < -0.3 is 14.7 Å². The zero-order valence-corrected chi connectivity index (χ0v) is 23.9. The Kier molecular flexibility index (Phi) is 18.8. The van der Waals surface area contributed by atoms with Crippen molar-refractivity contribution < 1.29 is 0 Å². The molecule has 0 unspecified atom stereocenters. The van der Waals surface area contributed by atoms with Crippen molar-refractivity contribution in [3.05, 3.63) is 0 Å². The first-order chi connectivity index (χ1) is 16.1. The lowest BCUT2D eigenvalue weighted by Gasteiger charge is -2.21. The van der Waals surface area contributed by atoms with Crippen molar-refractivity contribution in [3.8, 4) is 0 Å². The molecule has 3 nitrogen and oxygen atoms in total. The van der Waals surface area contributed by atoms with E-state index in [2.05, 4.69) is 56.6 Å². The summed E-state index contributed by atoms with van der Waals surface area (Å²) in [4.78, 5) is 8.14. The molecule has 0 heterocycles. The summed E-state index contributed by atoms with van der Waals surface area (Å²) in [5.74, 6) is 0. The van der Waals surface area contributed by atoms with Crippen LogP contribution in [-0.2, 0) is 0 Å². The van der Waals surface area contributed by atoms with Gasteiger partial charge in [-0.15, -0.1) is 0 Å². The van der Waals surface area contributed by atoms with Crippen LogP contribution in [0.1, 0.15) is 136 Å². The van der Waals surface area contributed by atoms with Gasteiger partial charge in [-0.25, -0.2) is 0 Å². The molecule has 1 saturated carbocycles. The molecule has 0 spiro atoms. The lowest BCUT2D eigenvalue weighted by molar-refractivity contribution is 0.245. The molecule has 0 atom stereocenters. The minimum atomic E-state index is 0.732. The Bertz CT molecular complexity index is 359. The summed E-state index contributed by atoms with van der Waals surface area (Å²) < 4.78 is 0. The Morgan fingerprint density at radius 2 is 0.545 bits per heavy atom. The van der Waals surface area contributed by atoms with Crippen LogP contribution in [0.5, 0.6) is 0 Å². The van der Waals surface area contributed by atoms with Crippen LogP contribution in [0.3, 0.4) is 0 Å². The van der Waals surface area contributed by atoms with Gasteiger partial charge in [-0.3, -0.25) is 0 Å². The summed E-state index contributed by atoms with van der Waals surface area (Å²) in [5, 5.41) is 0. The summed E-state index contributed by atoms with van der Waals surface area (Å²) in [6, 6.07) is 2.20. The van der Waals surface area contributed by atoms with Gasteiger partial charge in [-0.2, -0.15) is 0 Å². The van der Waals surface area contributed by atoms with Crippen molar-refractivity contribution in [1.29, 1.82) is 0 Å². The molecule has 0 saturated heterocycles. The van der Waals surface area contributed by atoms with E-state index in [1.807, 2.05) is 0 Å². The Labute approximate surface area is 210 Å². The third kappa shape index (κ3) is 13.5. The van der Waals surface area contributed by atoms with E-state index in [4.69, 9.17) is 0 Å². The van der Waals surface area contributed by atoms with Crippen LogP contribution in [0.25, 0.3) is 0 Å². The molecule has 1 aliphatic carbocycles. The molecule has 33 heavy (non-hydrogen) atoms.